The third-order valence-corrected chi connectivity index (χ3v) is 2.41. The van der Waals surface area contributed by atoms with E-state index in [1.807, 2.05) is 0 Å². The molecule has 0 saturated carbocycles. The van der Waals surface area contributed by atoms with Crippen molar-refractivity contribution in [2.24, 2.45) is 0 Å². The quantitative estimate of drug-likeness (QED) is 0.664. The number of rotatable bonds is 1. The summed E-state index contributed by atoms with van der Waals surface area (Å²) in [5.41, 5.74) is 0.604. The first-order valence-electron chi connectivity index (χ1n) is 4.32. The molecule has 14 heavy (non-hydrogen) atoms. The summed E-state index contributed by atoms with van der Waals surface area (Å²) in [6.07, 6.45) is 1.76. The van der Waals surface area contributed by atoms with Crippen molar-refractivity contribution in [3.05, 3.63) is 41.4 Å². The molecule has 0 aromatic heterocycles. The summed E-state index contributed by atoms with van der Waals surface area (Å²) in [6, 6.07) is 5.04. The van der Waals surface area contributed by atoms with Crippen LogP contribution in [-0.2, 0) is 0 Å². The molecule has 0 aliphatic carbocycles. The number of hydrogen-bond donors (Lipinski definition) is 0. The molecule has 0 saturated heterocycles. The van der Waals surface area contributed by atoms with Gasteiger partial charge in [-0.3, -0.25) is 4.79 Å². The van der Waals surface area contributed by atoms with Gasteiger partial charge in [-0.15, -0.1) is 0 Å². The zero-order valence-electron chi connectivity index (χ0n) is 7.50. The zero-order valence-corrected chi connectivity index (χ0v) is 8.25. The number of Topliss-reactive ketones (excluding diaryl/α,β-unsaturated/α-hetero) is 1. The van der Waals surface area contributed by atoms with Crippen LogP contribution in [-0.4, -0.2) is 11.9 Å². The van der Waals surface area contributed by atoms with Gasteiger partial charge >= 0.3 is 0 Å². The normalized spacial score (nSPS) is 19.8. The number of carbonyl (C=O) groups is 1. The van der Waals surface area contributed by atoms with E-state index in [4.69, 9.17) is 16.3 Å². The van der Waals surface area contributed by atoms with Gasteiger partial charge in [0.15, 0.2) is 5.78 Å². The maximum atomic E-state index is 11.6. The topological polar surface area (TPSA) is 26.3 Å². The van der Waals surface area contributed by atoms with Crippen LogP contribution < -0.4 is 4.74 Å². The van der Waals surface area contributed by atoms with Gasteiger partial charge in [0, 0.05) is 5.02 Å². The van der Waals surface area contributed by atoms with Crippen LogP contribution in [0.3, 0.4) is 0 Å². The molecule has 0 amide bonds. The molecule has 1 aromatic rings. The third kappa shape index (κ3) is 1.53. The summed E-state index contributed by atoms with van der Waals surface area (Å²) < 4.78 is 5.51. The van der Waals surface area contributed by atoms with Crippen LogP contribution in [0.1, 0.15) is 16.8 Å². The summed E-state index contributed by atoms with van der Waals surface area (Å²) >= 11 is 5.80. The molecular formula is C11H9ClO2. The summed E-state index contributed by atoms with van der Waals surface area (Å²) in [6.45, 7) is 3.60. The van der Waals surface area contributed by atoms with Crippen LogP contribution in [0, 0.1) is 0 Å². The summed E-state index contributed by atoms with van der Waals surface area (Å²) in [4.78, 5) is 11.6. The Balaban J connectivity index is 2.45. The minimum Gasteiger partial charge on any atom is -0.485 e. The second-order valence-corrected chi connectivity index (χ2v) is 3.60. The molecular weight excluding hydrogens is 200 g/mol. The maximum Gasteiger partial charge on any atom is 0.170 e. The highest BCUT2D eigenvalue weighted by molar-refractivity contribution is 6.30. The Labute approximate surface area is 87.1 Å². The molecule has 2 rings (SSSR count). The van der Waals surface area contributed by atoms with Crippen LogP contribution in [0.25, 0.3) is 0 Å². The highest BCUT2D eigenvalue weighted by Gasteiger charge is 2.24. The van der Waals surface area contributed by atoms with Gasteiger partial charge in [0.05, 0.1) is 12.0 Å². The van der Waals surface area contributed by atoms with E-state index in [1.165, 1.54) is 0 Å². The van der Waals surface area contributed by atoms with E-state index < -0.39 is 0 Å². The van der Waals surface area contributed by atoms with Crippen molar-refractivity contribution in [1.82, 2.24) is 0 Å². The van der Waals surface area contributed by atoms with Crippen LogP contribution in [0.5, 0.6) is 5.75 Å². The monoisotopic (exact) mass is 208 g/mol. The molecule has 1 aliphatic heterocycles. The van der Waals surface area contributed by atoms with Crippen LogP contribution in [0.15, 0.2) is 30.9 Å². The molecule has 1 aromatic carbocycles. The van der Waals surface area contributed by atoms with Crippen molar-refractivity contribution in [3.8, 4) is 5.75 Å². The molecule has 72 valence electrons. The smallest absolute Gasteiger partial charge is 0.170 e. The van der Waals surface area contributed by atoms with E-state index in [1.54, 1.807) is 24.3 Å². The molecule has 1 aliphatic rings. The van der Waals surface area contributed by atoms with Gasteiger partial charge in [-0.2, -0.15) is 0 Å². The maximum absolute atomic E-state index is 11.6. The number of benzene rings is 1. The van der Waals surface area contributed by atoms with Crippen molar-refractivity contribution in [1.29, 1.82) is 0 Å². The lowest BCUT2D eigenvalue weighted by Gasteiger charge is -2.22. The first-order chi connectivity index (χ1) is 6.70. The Kier molecular flexibility index (Phi) is 2.30. The number of halogens is 1. The van der Waals surface area contributed by atoms with Gasteiger partial charge < -0.3 is 4.74 Å². The number of fused-ring (bicyclic) bond motifs is 1. The summed E-state index contributed by atoms with van der Waals surface area (Å²) in [5.74, 6) is 0.631. The average Bonchev–Trinajstić information content (AvgIpc) is 2.16. The fraction of sp³-hybridized carbons (Fsp3) is 0.182. The van der Waals surface area contributed by atoms with Crippen molar-refractivity contribution in [2.75, 3.05) is 0 Å². The van der Waals surface area contributed by atoms with Gasteiger partial charge in [0.2, 0.25) is 0 Å². The van der Waals surface area contributed by atoms with Crippen LogP contribution in [0.4, 0.5) is 0 Å². The predicted octanol–water partition coefficient (Wildman–Crippen LogP) is 2.86. The number of ether oxygens (including phenoxy) is 1. The second-order valence-electron chi connectivity index (χ2n) is 3.16. The molecule has 1 heterocycles. The SMILES string of the molecule is C=CC1CC(=O)c2ccc(Cl)cc2O1. The molecule has 0 fully saturated rings. The van der Waals surface area contributed by atoms with Crippen molar-refractivity contribution >= 4 is 17.4 Å². The van der Waals surface area contributed by atoms with Gasteiger partial charge in [-0.25, -0.2) is 0 Å². The highest BCUT2D eigenvalue weighted by atomic mass is 35.5. The predicted molar refractivity (Wildman–Crippen MR) is 55.0 cm³/mol. The van der Waals surface area contributed by atoms with E-state index >= 15 is 0 Å². The minimum atomic E-state index is -0.228. The Bertz CT molecular complexity index is 398. The first-order valence-corrected chi connectivity index (χ1v) is 4.70. The third-order valence-electron chi connectivity index (χ3n) is 2.17. The van der Waals surface area contributed by atoms with Crippen molar-refractivity contribution in [3.63, 3.8) is 0 Å². The molecule has 0 N–H and O–H groups in total. The first kappa shape index (κ1) is 9.28. The van der Waals surface area contributed by atoms with Gasteiger partial charge in [-0.1, -0.05) is 24.3 Å². The Morgan fingerprint density at radius 3 is 3.07 bits per heavy atom. The largest absolute Gasteiger partial charge is 0.485 e. The lowest BCUT2D eigenvalue weighted by atomic mass is 10.0. The standard InChI is InChI=1S/C11H9ClO2/c1-2-8-6-10(13)9-4-3-7(12)5-11(9)14-8/h2-5,8H,1,6H2. The fourth-order valence-electron chi connectivity index (χ4n) is 1.45. The molecule has 1 atom stereocenters. The minimum absolute atomic E-state index is 0.0767. The summed E-state index contributed by atoms with van der Waals surface area (Å²) in [5, 5.41) is 0.571. The molecule has 0 radical (unpaired) electrons. The Morgan fingerprint density at radius 2 is 2.36 bits per heavy atom. The fourth-order valence-corrected chi connectivity index (χ4v) is 1.62. The lowest BCUT2D eigenvalue weighted by molar-refractivity contribution is 0.0894. The zero-order chi connectivity index (χ0) is 10.1. The van der Waals surface area contributed by atoms with Crippen LogP contribution >= 0.6 is 11.6 Å². The van der Waals surface area contributed by atoms with Gasteiger partial charge in [-0.05, 0) is 18.2 Å². The summed E-state index contributed by atoms with van der Waals surface area (Å²) in [7, 11) is 0. The lowest BCUT2D eigenvalue weighted by Crippen LogP contribution is -2.24. The Hall–Kier alpha value is -1.28. The molecule has 3 heteroatoms. The average molecular weight is 209 g/mol. The van der Waals surface area contributed by atoms with E-state index in [2.05, 4.69) is 6.58 Å². The second kappa shape index (κ2) is 3.46. The van der Waals surface area contributed by atoms with Gasteiger partial charge in [0.1, 0.15) is 11.9 Å². The number of ketones is 1. The molecule has 1 unspecified atom stereocenters. The van der Waals surface area contributed by atoms with E-state index in [9.17, 15) is 4.79 Å². The molecule has 0 bridgehead atoms. The molecule has 2 nitrogen and oxygen atoms in total. The van der Waals surface area contributed by atoms with E-state index in [-0.39, 0.29) is 11.9 Å². The van der Waals surface area contributed by atoms with E-state index in [0.29, 0.717) is 22.8 Å². The highest BCUT2D eigenvalue weighted by Crippen LogP contribution is 2.30. The van der Waals surface area contributed by atoms with Crippen molar-refractivity contribution in [2.45, 2.75) is 12.5 Å². The van der Waals surface area contributed by atoms with E-state index in [0.717, 1.165) is 0 Å². The van der Waals surface area contributed by atoms with Gasteiger partial charge in [0.25, 0.3) is 0 Å². The van der Waals surface area contributed by atoms with Crippen molar-refractivity contribution < 1.29 is 9.53 Å². The number of hydrogen-bond acceptors (Lipinski definition) is 2. The van der Waals surface area contributed by atoms with Crippen LogP contribution in [0.2, 0.25) is 5.02 Å². The molecule has 0 spiro atoms. The number of carbonyl (C=O) groups excluding carboxylic acids is 1. The Morgan fingerprint density at radius 1 is 1.57 bits per heavy atom.